The molecule has 4 rings (SSSR count). The van der Waals surface area contributed by atoms with Crippen LogP contribution in [0.25, 0.3) is 10.9 Å². The van der Waals surface area contributed by atoms with Crippen LogP contribution in [0.4, 0.5) is 20.2 Å². The highest BCUT2D eigenvalue weighted by atomic mass is 19.1. The average Bonchev–Trinajstić information content (AvgIpc) is 3.01. The molecule has 0 atom stereocenters. The van der Waals surface area contributed by atoms with Crippen molar-refractivity contribution in [1.29, 1.82) is 0 Å². The Kier molecular flexibility index (Phi) is 4.95. The van der Waals surface area contributed by atoms with Crippen molar-refractivity contribution in [3.63, 3.8) is 0 Å². The number of aliphatic imine (C=N–C) groups is 1. The number of halogens is 2. The minimum absolute atomic E-state index is 0.123. The first-order valence-electron chi connectivity index (χ1n) is 8.95. The zero-order valence-electron chi connectivity index (χ0n) is 15.6. The number of nitrogens with one attached hydrogen (secondary N) is 1. The van der Waals surface area contributed by atoms with Gasteiger partial charge in [-0.05, 0) is 42.0 Å². The lowest BCUT2D eigenvalue weighted by atomic mass is 10.2. The molecular formula is C22H18F2N4O. The molecule has 4 aromatic rings. The summed E-state index contributed by atoms with van der Waals surface area (Å²) in [6, 6.07) is 12.6. The maximum Gasteiger partial charge on any atom is 0.198 e. The molecule has 0 fully saturated rings. The summed E-state index contributed by atoms with van der Waals surface area (Å²) in [5.41, 5.74) is 2.69. The predicted molar refractivity (Wildman–Crippen MR) is 110 cm³/mol. The van der Waals surface area contributed by atoms with Crippen LogP contribution in [0.15, 0.2) is 65.9 Å². The molecule has 0 saturated carbocycles. The van der Waals surface area contributed by atoms with Crippen LogP contribution in [0.1, 0.15) is 11.1 Å². The third kappa shape index (κ3) is 3.94. The molecule has 2 aromatic heterocycles. The van der Waals surface area contributed by atoms with Gasteiger partial charge in [0, 0.05) is 43.7 Å². The summed E-state index contributed by atoms with van der Waals surface area (Å²) < 4.78 is 27.9. The number of H-pyrrole nitrogens is 1. The number of aromatic nitrogens is 2. The Balaban J connectivity index is 1.56. The highest BCUT2D eigenvalue weighted by molar-refractivity contribution is 6.02. The molecule has 7 heteroatoms. The molecule has 2 aromatic carbocycles. The first kappa shape index (κ1) is 18.6. The first-order chi connectivity index (χ1) is 14.0. The fraction of sp³-hybridized carbons (Fsp3) is 0.0909. The maximum atomic E-state index is 14.6. The molecule has 0 saturated heterocycles. The largest absolute Gasteiger partial charge is 0.494 e. The molecule has 2 heterocycles. The van der Waals surface area contributed by atoms with Gasteiger partial charge >= 0.3 is 0 Å². The normalized spacial score (nSPS) is 11.4. The number of fused-ring (bicyclic) bond motifs is 1. The second-order valence-electron chi connectivity index (χ2n) is 6.69. The molecule has 29 heavy (non-hydrogen) atoms. The summed E-state index contributed by atoms with van der Waals surface area (Å²) in [5, 5.41) is 10.7. The lowest BCUT2D eigenvalue weighted by Gasteiger charge is -2.20. The van der Waals surface area contributed by atoms with E-state index in [4.69, 9.17) is 0 Å². The zero-order chi connectivity index (χ0) is 20.4. The van der Waals surface area contributed by atoms with Gasteiger partial charge in [-0.15, -0.1) is 0 Å². The lowest BCUT2D eigenvalue weighted by molar-refractivity contribution is 0.457. The number of rotatable bonds is 5. The Morgan fingerprint density at radius 2 is 2.03 bits per heavy atom. The third-order valence-electron chi connectivity index (χ3n) is 4.61. The summed E-state index contributed by atoms with van der Waals surface area (Å²) in [7, 11) is 1.80. The number of aromatic amines is 1. The van der Waals surface area contributed by atoms with E-state index < -0.39 is 11.6 Å². The second-order valence-corrected chi connectivity index (χ2v) is 6.69. The van der Waals surface area contributed by atoms with Gasteiger partial charge in [-0.2, -0.15) is 0 Å². The number of anilines is 1. The molecule has 5 nitrogen and oxygen atoms in total. The highest BCUT2D eigenvalue weighted by Gasteiger charge is 2.11. The SMILES string of the molecule is CN(Cc1cccnc1)c1ccc(N=Cc2c(O)[nH]c3cc(F)ccc23)cc1F. The smallest absolute Gasteiger partial charge is 0.198 e. The van der Waals surface area contributed by atoms with Crippen LogP contribution >= 0.6 is 0 Å². The van der Waals surface area contributed by atoms with Crippen LogP contribution in [-0.4, -0.2) is 28.3 Å². The Hall–Kier alpha value is -3.74. The van der Waals surface area contributed by atoms with E-state index >= 15 is 0 Å². The van der Waals surface area contributed by atoms with Gasteiger partial charge in [-0.1, -0.05) is 6.07 Å². The molecule has 0 bridgehead atoms. The minimum atomic E-state index is -0.407. The Morgan fingerprint density at radius 1 is 1.17 bits per heavy atom. The van der Waals surface area contributed by atoms with Crippen molar-refractivity contribution < 1.29 is 13.9 Å². The molecule has 0 spiro atoms. The van der Waals surface area contributed by atoms with Crippen LogP contribution in [-0.2, 0) is 6.54 Å². The zero-order valence-corrected chi connectivity index (χ0v) is 15.6. The molecule has 0 aliphatic carbocycles. The van der Waals surface area contributed by atoms with Crippen LogP contribution in [0.3, 0.4) is 0 Å². The number of hydrogen-bond donors (Lipinski definition) is 2. The number of nitrogens with zero attached hydrogens (tertiary/aromatic N) is 3. The Labute approximate surface area is 166 Å². The van der Waals surface area contributed by atoms with Crippen molar-refractivity contribution in [3.8, 4) is 5.88 Å². The third-order valence-corrected chi connectivity index (χ3v) is 4.61. The van der Waals surface area contributed by atoms with Crippen LogP contribution < -0.4 is 4.90 Å². The fourth-order valence-corrected chi connectivity index (χ4v) is 3.18. The average molecular weight is 392 g/mol. The van der Waals surface area contributed by atoms with Gasteiger partial charge in [0.2, 0.25) is 0 Å². The number of benzene rings is 2. The summed E-state index contributed by atoms with van der Waals surface area (Å²) in [6.45, 7) is 0.521. The molecule has 0 radical (unpaired) electrons. The van der Waals surface area contributed by atoms with E-state index in [2.05, 4.69) is 15.0 Å². The van der Waals surface area contributed by atoms with Gasteiger partial charge in [-0.3, -0.25) is 9.98 Å². The molecule has 0 amide bonds. The van der Waals surface area contributed by atoms with E-state index in [1.54, 1.807) is 42.5 Å². The quantitative estimate of drug-likeness (QED) is 0.473. The van der Waals surface area contributed by atoms with Crippen molar-refractivity contribution in [3.05, 3.63) is 83.7 Å². The predicted octanol–water partition coefficient (Wildman–Crippen LogP) is 4.93. The lowest BCUT2D eigenvalue weighted by Crippen LogP contribution is -2.17. The van der Waals surface area contributed by atoms with Crippen molar-refractivity contribution in [1.82, 2.24) is 9.97 Å². The standard InChI is InChI=1S/C22H18F2N4O/c1-28(13-14-3-2-8-25-11-14)21-7-5-16(10-19(21)24)26-12-18-17-6-4-15(23)9-20(17)27-22(18)29/h2-12,27,29H,13H2,1H3. The van der Waals surface area contributed by atoms with E-state index in [1.807, 2.05) is 12.1 Å². The van der Waals surface area contributed by atoms with E-state index in [9.17, 15) is 13.9 Å². The summed E-state index contributed by atoms with van der Waals surface area (Å²) in [4.78, 5) is 12.8. The van der Waals surface area contributed by atoms with E-state index in [0.717, 1.165) is 5.56 Å². The molecular weight excluding hydrogens is 374 g/mol. The van der Waals surface area contributed by atoms with Crippen molar-refractivity contribution >= 4 is 28.5 Å². The van der Waals surface area contributed by atoms with E-state index in [1.165, 1.54) is 24.4 Å². The molecule has 146 valence electrons. The molecule has 0 aliphatic rings. The van der Waals surface area contributed by atoms with Crippen molar-refractivity contribution in [2.75, 3.05) is 11.9 Å². The fourth-order valence-electron chi connectivity index (χ4n) is 3.18. The van der Waals surface area contributed by atoms with Gasteiger partial charge in [0.05, 0.1) is 22.5 Å². The molecule has 0 aliphatic heterocycles. The number of hydrogen-bond acceptors (Lipinski definition) is 4. The molecule has 2 N–H and O–H groups in total. The van der Waals surface area contributed by atoms with Crippen molar-refractivity contribution in [2.45, 2.75) is 6.54 Å². The van der Waals surface area contributed by atoms with Crippen LogP contribution in [0, 0.1) is 11.6 Å². The van der Waals surface area contributed by atoms with E-state index in [0.29, 0.717) is 34.4 Å². The first-order valence-corrected chi connectivity index (χ1v) is 8.95. The summed E-state index contributed by atoms with van der Waals surface area (Å²) in [5.74, 6) is -0.936. The Bertz CT molecular complexity index is 1190. The summed E-state index contributed by atoms with van der Waals surface area (Å²) in [6.07, 6.45) is 4.87. The van der Waals surface area contributed by atoms with Crippen LogP contribution in [0.5, 0.6) is 5.88 Å². The molecule has 0 unspecified atom stereocenters. The van der Waals surface area contributed by atoms with Gasteiger partial charge in [-0.25, -0.2) is 8.78 Å². The summed E-state index contributed by atoms with van der Waals surface area (Å²) >= 11 is 0. The Morgan fingerprint density at radius 3 is 2.79 bits per heavy atom. The highest BCUT2D eigenvalue weighted by Crippen LogP contribution is 2.28. The van der Waals surface area contributed by atoms with Gasteiger partial charge in [0.25, 0.3) is 0 Å². The van der Waals surface area contributed by atoms with Gasteiger partial charge in [0.1, 0.15) is 11.6 Å². The number of aromatic hydroxyl groups is 1. The monoisotopic (exact) mass is 392 g/mol. The minimum Gasteiger partial charge on any atom is -0.494 e. The second kappa shape index (κ2) is 7.71. The van der Waals surface area contributed by atoms with Crippen molar-refractivity contribution in [2.24, 2.45) is 4.99 Å². The topological polar surface area (TPSA) is 64.5 Å². The van der Waals surface area contributed by atoms with E-state index in [-0.39, 0.29) is 5.88 Å². The van der Waals surface area contributed by atoms with Crippen LogP contribution in [0.2, 0.25) is 0 Å². The maximum absolute atomic E-state index is 14.6. The number of pyridine rings is 1. The van der Waals surface area contributed by atoms with Gasteiger partial charge in [0.15, 0.2) is 5.88 Å². The van der Waals surface area contributed by atoms with Gasteiger partial charge < -0.3 is 15.0 Å².